The lowest BCUT2D eigenvalue weighted by atomic mass is 9.86. The third-order valence-corrected chi connectivity index (χ3v) is 4.53. The van der Waals surface area contributed by atoms with Crippen molar-refractivity contribution in [3.05, 3.63) is 46.5 Å². The molecule has 6 heteroatoms. The number of hydrogen-bond acceptors (Lipinski definition) is 5. The first kappa shape index (κ1) is 22.2. The molecule has 2 rings (SSSR count). The second-order valence-electron chi connectivity index (χ2n) is 7.45. The van der Waals surface area contributed by atoms with E-state index in [4.69, 9.17) is 30.5 Å². The zero-order chi connectivity index (χ0) is 20.7. The van der Waals surface area contributed by atoms with Crippen molar-refractivity contribution in [1.82, 2.24) is 5.32 Å². The normalized spacial score (nSPS) is 11.2. The van der Waals surface area contributed by atoms with Crippen LogP contribution < -0.4 is 24.3 Å². The Morgan fingerprint density at radius 3 is 2.25 bits per heavy atom. The molecule has 0 saturated heterocycles. The lowest BCUT2D eigenvalue weighted by Gasteiger charge is -2.23. The molecule has 2 aromatic carbocycles. The number of rotatable bonds is 9. The van der Waals surface area contributed by atoms with Gasteiger partial charge in [0.25, 0.3) is 0 Å². The zero-order valence-electron chi connectivity index (χ0n) is 17.5. The van der Waals surface area contributed by atoms with E-state index < -0.39 is 0 Å². The van der Waals surface area contributed by atoms with Gasteiger partial charge in [-0.25, -0.2) is 0 Å². The summed E-state index contributed by atoms with van der Waals surface area (Å²) >= 11 is 6.38. The summed E-state index contributed by atoms with van der Waals surface area (Å²) in [6.45, 7) is 7.85. The molecule has 0 unspecified atom stereocenters. The Kier molecular flexibility index (Phi) is 7.84. The fourth-order valence-corrected chi connectivity index (χ4v) is 3.15. The minimum absolute atomic E-state index is 0.0690. The summed E-state index contributed by atoms with van der Waals surface area (Å²) < 4.78 is 22.6. The highest BCUT2D eigenvalue weighted by molar-refractivity contribution is 6.32. The zero-order valence-corrected chi connectivity index (χ0v) is 18.3. The number of nitrogens with one attached hydrogen (secondary N) is 1. The lowest BCUT2D eigenvalue weighted by Crippen LogP contribution is -2.16. The highest BCUT2D eigenvalue weighted by atomic mass is 35.5. The van der Waals surface area contributed by atoms with Crippen molar-refractivity contribution in [1.29, 1.82) is 0 Å². The van der Waals surface area contributed by atoms with Crippen molar-refractivity contribution in [3.8, 4) is 23.0 Å². The molecule has 0 aromatic heterocycles. The molecular formula is C22H30ClNO4. The van der Waals surface area contributed by atoms with Gasteiger partial charge in [0.05, 0.1) is 19.2 Å². The molecule has 5 nitrogen and oxygen atoms in total. The molecule has 154 valence electrons. The third kappa shape index (κ3) is 5.69. The number of methoxy groups -OCH3 is 2. The SMILES string of the molecule is CNCc1cc(Cl)c(OCCOc2ccc(OC)cc2C(C)(C)C)c(OC)c1. The van der Waals surface area contributed by atoms with Crippen LogP contribution in [0.2, 0.25) is 5.02 Å². The van der Waals surface area contributed by atoms with Crippen molar-refractivity contribution < 1.29 is 18.9 Å². The van der Waals surface area contributed by atoms with E-state index in [1.807, 2.05) is 37.4 Å². The Morgan fingerprint density at radius 2 is 1.64 bits per heavy atom. The summed E-state index contributed by atoms with van der Waals surface area (Å²) in [5.74, 6) is 2.77. The molecule has 0 fully saturated rings. The molecule has 0 aliphatic carbocycles. The average Bonchev–Trinajstić information content (AvgIpc) is 2.65. The second-order valence-corrected chi connectivity index (χ2v) is 7.86. The third-order valence-electron chi connectivity index (χ3n) is 4.25. The van der Waals surface area contributed by atoms with Crippen LogP contribution in [0.1, 0.15) is 31.9 Å². The molecule has 0 spiro atoms. The molecule has 28 heavy (non-hydrogen) atoms. The van der Waals surface area contributed by atoms with E-state index in [1.165, 1.54) is 0 Å². The molecular weight excluding hydrogens is 378 g/mol. The smallest absolute Gasteiger partial charge is 0.179 e. The van der Waals surface area contributed by atoms with Crippen LogP contribution in [0.5, 0.6) is 23.0 Å². The second kappa shape index (κ2) is 9.89. The Hall–Kier alpha value is -2.11. The highest BCUT2D eigenvalue weighted by Gasteiger charge is 2.20. The number of halogens is 1. The quantitative estimate of drug-likeness (QED) is 0.603. The standard InChI is InChI=1S/C22H30ClNO4/c1-22(2,3)17-13-16(25-5)7-8-19(17)27-9-10-28-21-18(23)11-15(14-24-4)12-20(21)26-6/h7-8,11-13,24H,9-10,14H2,1-6H3. The van der Waals surface area contributed by atoms with Crippen molar-refractivity contribution in [3.63, 3.8) is 0 Å². The maximum absolute atomic E-state index is 6.38. The van der Waals surface area contributed by atoms with Gasteiger partial charge in [-0.1, -0.05) is 32.4 Å². The van der Waals surface area contributed by atoms with Gasteiger partial charge >= 0.3 is 0 Å². The van der Waals surface area contributed by atoms with E-state index in [0.717, 1.165) is 22.6 Å². The molecule has 2 aromatic rings. The molecule has 0 amide bonds. The number of benzene rings is 2. The number of ether oxygens (including phenoxy) is 4. The van der Waals surface area contributed by atoms with E-state index in [0.29, 0.717) is 36.3 Å². The van der Waals surface area contributed by atoms with E-state index in [2.05, 4.69) is 26.1 Å². The van der Waals surface area contributed by atoms with Crippen LogP contribution in [-0.4, -0.2) is 34.5 Å². The van der Waals surface area contributed by atoms with Crippen molar-refractivity contribution in [2.24, 2.45) is 0 Å². The molecule has 0 heterocycles. The summed E-state index contributed by atoms with van der Waals surface area (Å²) in [5.41, 5.74) is 2.04. The first-order valence-corrected chi connectivity index (χ1v) is 9.63. The van der Waals surface area contributed by atoms with Gasteiger partial charge in [0.2, 0.25) is 0 Å². The summed E-state index contributed by atoms with van der Waals surface area (Å²) in [5, 5.41) is 3.61. The van der Waals surface area contributed by atoms with Crippen molar-refractivity contribution >= 4 is 11.6 Å². The predicted octanol–water partition coefficient (Wildman–Crippen LogP) is 4.83. The highest BCUT2D eigenvalue weighted by Crippen LogP contribution is 2.37. The Balaban J connectivity index is 2.05. The van der Waals surface area contributed by atoms with Gasteiger partial charge in [-0.3, -0.25) is 0 Å². The van der Waals surface area contributed by atoms with Gasteiger partial charge in [-0.05, 0) is 48.4 Å². The van der Waals surface area contributed by atoms with E-state index in [-0.39, 0.29) is 5.41 Å². The van der Waals surface area contributed by atoms with Crippen LogP contribution >= 0.6 is 11.6 Å². The maximum Gasteiger partial charge on any atom is 0.179 e. The lowest BCUT2D eigenvalue weighted by molar-refractivity contribution is 0.208. The molecule has 0 bridgehead atoms. The van der Waals surface area contributed by atoms with E-state index >= 15 is 0 Å². The van der Waals surface area contributed by atoms with Crippen LogP contribution in [0, 0.1) is 0 Å². The van der Waals surface area contributed by atoms with Gasteiger partial charge in [0.15, 0.2) is 11.5 Å². The molecule has 0 aliphatic rings. The molecule has 0 atom stereocenters. The summed E-state index contributed by atoms with van der Waals surface area (Å²) in [6.07, 6.45) is 0. The topological polar surface area (TPSA) is 49.0 Å². The predicted molar refractivity (Wildman–Crippen MR) is 113 cm³/mol. The van der Waals surface area contributed by atoms with Gasteiger partial charge in [-0.2, -0.15) is 0 Å². The van der Waals surface area contributed by atoms with Gasteiger partial charge < -0.3 is 24.3 Å². The maximum atomic E-state index is 6.38. The van der Waals surface area contributed by atoms with E-state index in [1.54, 1.807) is 14.2 Å². The fraction of sp³-hybridized carbons (Fsp3) is 0.455. The summed E-state index contributed by atoms with van der Waals surface area (Å²) in [4.78, 5) is 0. The monoisotopic (exact) mass is 407 g/mol. The summed E-state index contributed by atoms with van der Waals surface area (Å²) in [6, 6.07) is 9.62. The van der Waals surface area contributed by atoms with Crippen LogP contribution in [-0.2, 0) is 12.0 Å². The molecule has 0 radical (unpaired) electrons. The van der Waals surface area contributed by atoms with Crippen LogP contribution in [0.25, 0.3) is 0 Å². The van der Waals surface area contributed by atoms with Gasteiger partial charge in [-0.15, -0.1) is 0 Å². The average molecular weight is 408 g/mol. The Labute approximate surface area is 172 Å². The van der Waals surface area contributed by atoms with Crippen molar-refractivity contribution in [2.45, 2.75) is 32.7 Å². The Bertz CT molecular complexity index is 787. The Morgan fingerprint density at radius 1 is 0.929 bits per heavy atom. The first-order chi connectivity index (χ1) is 13.3. The minimum atomic E-state index is -0.0690. The van der Waals surface area contributed by atoms with E-state index in [9.17, 15) is 0 Å². The molecule has 0 saturated carbocycles. The molecule has 0 aliphatic heterocycles. The fourth-order valence-electron chi connectivity index (χ4n) is 2.86. The van der Waals surface area contributed by atoms with Crippen LogP contribution in [0.3, 0.4) is 0 Å². The van der Waals surface area contributed by atoms with Crippen molar-refractivity contribution in [2.75, 3.05) is 34.5 Å². The van der Waals surface area contributed by atoms with Crippen LogP contribution in [0.4, 0.5) is 0 Å². The summed E-state index contributed by atoms with van der Waals surface area (Å²) in [7, 11) is 5.15. The minimum Gasteiger partial charge on any atom is -0.497 e. The number of hydrogen-bond donors (Lipinski definition) is 1. The largest absolute Gasteiger partial charge is 0.497 e. The van der Waals surface area contributed by atoms with Gasteiger partial charge in [0, 0.05) is 12.1 Å². The van der Waals surface area contributed by atoms with Gasteiger partial charge in [0.1, 0.15) is 24.7 Å². The first-order valence-electron chi connectivity index (χ1n) is 9.25. The molecule has 1 N–H and O–H groups in total. The van der Waals surface area contributed by atoms with Crippen LogP contribution in [0.15, 0.2) is 30.3 Å².